The molecule has 52 heavy (non-hydrogen) atoms. The number of amides is 1. The lowest BCUT2D eigenvalue weighted by atomic mass is 10.0. The first-order valence-corrected chi connectivity index (χ1v) is 21.8. The Kier molecular flexibility index (Phi) is 39.1. The predicted molar refractivity (Wildman–Crippen MR) is 222 cm³/mol. The fourth-order valence-corrected chi connectivity index (χ4v) is 6.33. The number of aliphatic carboxylic acids is 1. The van der Waals surface area contributed by atoms with Crippen molar-refractivity contribution in [1.82, 2.24) is 5.32 Å². The number of hydrogen-bond donors (Lipinski definition) is 2. The van der Waals surface area contributed by atoms with Crippen LogP contribution in [0.3, 0.4) is 0 Å². The summed E-state index contributed by atoms with van der Waals surface area (Å²) in [5, 5.41) is 11.1. The van der Waals surface area contributed by atoms with E-state index in [-0.39, 0.29) is 24.5 Å². The van der Waals surface area contributed by atoms with Crippen molar-refractivity contribution in [3.63, 3.8) is 0 Å². The van der Waals surface area contributed by atoms with E-state index in [0.717, 1.165) is 103 Å². The van der Waals surface area contributed by atoms with Crippen molar-refractivity contribution >= 4 is 17.8 Å². The summed E-state index contributed by atoms with van der Waals surface area (Å²) in [6, 6.07) is 0. The normalized spacial score (nSPS) is 12.5. The standard InChI is InChI=1S/C46H81NO5/c1-3-5-7-9-11-13-15-17-19-21-23-25-27-30-34-38-43(39-35-31-29-32-36-40-44(48)47-42-45(49)50)52-46(51)41-37-33-28-26-24-22-20-18-16-14-12-10-8-6-4-2/h5,7,11,13,17,19,23,25,43H,3-4,6,8-10,12,14-16,18,20-22,24,26-42H2,1-2H3,(H,47,48)(H,49,50)/b7-5-,13-11-,19-17-,25-23-. The molecule has 0 aliphatic carbocycles. The van der Waals surface area contributed by atoms with Gasteiger partial charge in [0.25, 0.3) is 0 Å². The Morgan fingerprint density at radius 2 is 0.942 bits per heavy atom. The molecule has 0 rings (SSSR count). The molecule has 0 aromatic rings. The molecule has 6 heteroatoms. The second-order valence-corrected chi connectivity index (χ2v) is 14.6. The lowest BCUT2D eigenvalue weighted by Crippen LogP contribution is -2.28. The van der Waals surface area contributed by atoms with Crippen molar-refractivity contribution in [3.8, 4) is 0 Å². The Morgan fingerprint density at radius 3 is 1.44 bits per heavy atom. The van der Waals surface area contributed by atoms with E-state index in [4.69, 9.17) is 9.84 Å². The third-order valence-corrected chi connectivity index (χ3v) is 9.52. The van der Waals surface area contributed by atoms with Crippen LogP contribution >= 0.6 is 0 Å². The lowest BCUT2D eigenvalue weighted by Gasteiger charge is -2.18. The molecule has 0 fully saturated rings. The number of nitrogens with one attached hydrogen (secondary N) is 1. The number of ether oxygens (including phenoxy) is 1. The van der Waals surface area contributed by atoms with Gasteiger partial charge in [0.05, 0.1) is 0 Å². The molecule has 0 spiro atoms. The molecule has 300 valence electrons. The summed E-state index contributed by atoms with van der Waals surface area (Å²) in [6.07, 6.45) is 52.3. The van der Waals surface area contributed by atoms with Crippen molar-refractivity contribution in [2.45, 2.75) is 219 Å². The number of carboxylic acid groups (broad SMARTS) is 1. The largest absolute Gasteiger partial charge is 0.480 e. The SMILES string of the molecule is CC/C=C\C/C=C\C/C=C\C/C=C\CCCCC(CCCCCCCC(=O)NCC(=O)O)OC(=O)CCCCCCCCCCCCCCCCC. The average Bonchev–Trinajstić information content (AvgIpc) is 3.13. The smallest absolute Gasteiger partial charge is 0.322 e. The number of hydrogen-bond acceptors (Lipinski definition) is 4. The number of carbonyl (C=O) groups is 3. The number of esters is 1. The molecule has 6 nitrogen and oxygen atoms in total. The van der Waals surface area contributed by atoms with Crippen LogP contribution in [0.2, 0.25) is 0 Å². The van der Waals surface area contributed by atoms with Crippen molar-refractivity contribution < 1.29 is 24.2 Å². The zero-order valence-corrected chi connectivity index (χ0v) is 33.9. The minimum Gasteiger partial charge on any atom is -0.480 e. The van der Waals surface area contributed by atoms with E-state index >= 15 is 0 Å². The summed E-state index contributed by atoms with van der Waals surface area (Å²) in [5.74, 6) is -1.26. The highest BCUT2D eigenvalue weighted by Crippen LogP contribution is 2.18. The molecule has 0 aliphatic heterocycles. The molecular formula is C46H81NO5. The summed E-state index contributed by atoms with van der Waals surface area (Å²) >= 11 is 0. The van der Waals surface area contributed by atoms with Crippen LogP contribution in [0.25, 0.3) is 0 Å². The molecule has 0 saturated heterocycles. The van der Waals surface area contributed by atoms with E-state index in [2.05, 4.69) is 67.8 Å². The number of unbranched alkanes of at least 4 members (excludes halogenated alkanes) is 20. The summed E-state index contributed by atoms with van der Waals surface area (Å²) in [5.41, 5.74) is 0. The third-order valence-electron chi connectivity index (χ3n) is 9.52. The zero-order valence-electron chi connectivity index (χ0n) is 33.9. The fourth-order valence-electron chi connectivity index (χ4n) is 6.33. The first-order valence-electron chi connectivity index (χ1n) is 21.8. The predicted octanol–water partition coefficient (Wildman–Crippen LogP) is 13.5. The van der Waals surface area contributed by atoms with Gasteiger partial charge >= 0.3 is 11.9 Å². The van der Waals surface area contributed by atoms with Crippen LogP contribution in [-0.4, -0.2) is 35.6 Å². The number of carboxylic acids is 1. The first-order chi connectivity index (χ1) is 25.5. The maximum Gasteiger partial charge on any atom is 0.322 e. The van der Waals surface area contributed by atoms with Crippen LogP contribution in [0, 0.1) is 0 Å². The van der Waals surface area contributed by atoms with Crippen molar-refractivity contribution in [3.05, 3.63) is 48.6 Å². The summed E-state index contributed by atoms with van der Waals surface area (Å²) in [7, 11) is 0. The van der Waals surface area contributed by atoms with Gasteiger partial charge < -0.3 is 15.2 Å². The van der Waals surface area contributed by atoms with E-state index < -0.39 is 5.97 Å². The van der Waals surface area contributed by atoms with E-state index in [9.17, 15) is 14.4 Å². The molecule has 0 saturated carbocycles. The Morgan fingerprint density at radius 1 is 0.519 bits per heavy atom. The summed E-state index contributed by atoms with van der Waals surface area (Å²) in [4.78, 5) is 35.0. The number of carbonyl (C=O) groups excluding carboxylic acids is 2. The fraction of sp³-hybridized carbons (Fsp3) is 0.761. The van der Waals surface area contributed by atoms with Gasteiger partial charge in [0.1, 0.15) is 12.6 Å². The molecule has 1 amide bonds. The Bertz CT molecular complexity index is 937. The van der Waals surface area contributed by atoms with Crippen LogP contribution in [0.4, 0.5) is 0 Å². The monoisotopic (exact) mass is 728 g/mol. The van der Waals surface area contributed by atoms with E-state index in [1.54, 1.807) is 0 Å². The van der Waals surface area contributed by atoms with Crippen LogP contribution in [0.15, 0.2) is 48.6 Å². The highest BCUT2D eigenvalue weighted by Gasteiger charge is 2.14. The average molecular weight is 728 g/mol. The van der Waals surface area contributed by atoms with E-state index in [1.165, 1.54) is 83.5 Å². The van der Waals surface area contributed by atoms with Crippen LogP contribution < -0.4 is 5.32 Å². The molecule has 0 aromatic carbocycles. The first kappa shape index (κ1) is 49.4. The highest BCUT2D eigenvalue weighted by atomic mass is 16.5. The van der Waals surface area contributed by atoms with Crippen LogP contribution in [0.5, 0.6) is 0 Å². The molecule has 2 N–H and O–H groups in total. The van der Waals surface area contributed by atoms with Gasteiger partial charge in [0, 0.05) is 12.8 Å². The van der Waals surface area contributed by atoms with Gasteiger partial charge in [-0.05, 0) is 77.0 Å². The topological polar surface area (TPSA) is 92.7 Å². The van der Waals surface area contributed by atoms with Gasteiger partial charge in [-0.2, -0.15) is 0 Å². The van der Waals surface area contributed by atoms with E-state index in [1.807, 2.05) is 0 Å². The third kappa shape index (κ3) is 40.1. The van der Waals surface area contributed by atoms with Gasteiger partial charge in [0.15, 0.2) is 0 Å². The van der Waals surface area contributed by atoms with Gasteiger partial charge in [-0.1, -0.05) is 172 Å². The second kappa shape index (κ2) is 41.1. The Labute approximate surface area is 320 Å². The Hall–Kier alpha value is -2.63. The highest BCUT2D eigenvalue weighted by molar-refractivity contribution is 5.80. The van der Waals surface area contributed by atoms with Gasteiger partial charge in [-0.25, -0.2) is 0 Å². The van der Waals surface area contributed by atoms with Crippen molar-refractivity contribution in [2.75, 3.05) is 6.54 Å². The number of rotatable bonds is 39. The maximum absolute atomic E-state index is 12.8. The second-order valence-electron chi connectivity index (χ2n) is 14.6. The molecular weight excluding hydrogens is 647 g/mol. The molecule has 0 heterocycles. The summed E-state index contributed by atoms with van der Waals surface area (Å²) < 4.78 is 6.02. The Balaban J connectivity index is 4.25. The molecule has 0 radical (unpaired) electrons. The van der Waals surface area contributed by atoms with Crippen LogP contribution in [-0.2, 0) is 19.1 Å². The van der Waals surface area contributed by atoms with Crippen molar-refractivity contribution in [1.29, 1.82) is 0 Å². The van der Waals surface area contributed by atoms with Gasteiger partial charge in [-0.3, -0.25) is 14.4 Å². The minimum absolute atomic E-state index is 0.0110. The van der Waals surface area contributed by atoms with Gasteiger partial charge in [0.2, 0.25) is 5.91 Å². The molecule has 1 atom stereocenters. The molecule has 1 unspecified atom stereocenters. The quantitative estimate of drug-likeness (QED) is 0.0373. The van der Waals surface area contributed by atoms with Crippen LogP contribution in [0.1, 0.15) is 213 Å². The number of allylic oxidation sites excluding steroid dienone is 8. The summed E-state index contributed by atoms with van der Waals surface area (Å²) in [6.45, 7) is 4.11. The molecule has 0 aliphatic rings. The van der Waals surface area contributed by atoms with E-state index in [0.29, 0.717) is 12.8 Å². The van der Waals surface area contributed by atoms with Crippen molar-refractivity contribution in [2.24, 2.45) is 0 Å². The zero-order chi connectivity index (χ0) is 38.0. The molecule has 0 aromatic heterocycles. The molecule has 0 bridgehead atoms. The minimum atomic E-state index is -1.02. The van der Waals surface area contributed by atoms with Gasteiger partial charge in [-0.15, -0.1) is 0 Å². The maximum atomic E-state index is 12.8. The lowest BCUT2D eigenvalue weighted by molar-refractivity contribution is -0.150.